The van der Waals surface area contributed by atoms with Gasteiger partial charge in [-0.3, -0.25) is 0 Å². The normalized spacial score (nSPS) is 16.4. The van der Waals surface area contributed by atoms with E-state index in [-0.39, 0.29) is 0 Å². The first-order valence-corrected chi connectivity index (χ1v) is 9.92. The second kappa shape index (κ2) is 9.77. The fourth-order valence-corrected chi connectivity index (χ4v) is 3.63. The van der Waals surface area contributed by atoms with Crippen LogP contribution in [0.4, 0.5) is 4.79 Å². The van der Waals surface area contributed by atoms with Gasteiger partial charge in [-0.05, 0) is 44.2 Å². The summed E-state index contributed by atoms with van der Waals surface area (Å²) in [4.78, 5) is 24.2. The molecular weight excluding hydrogens is 342 g/mol. The van der Waals surface area contributed by atoms with E-state index in [0.29, 0.717) is 6.42 Å². The fraction of sp³-hybridized carbons (Fsp3) is 0.636. The van der Waals surface area contributed by atoms with E-state index in [1.54, 1.807) is 20.8 Å². The molecule has 0 radical (unpaired) electrons. The number of alkyl carbamates (subject to hydrolysis) is 1. The molecule has 0 spiro atoms. The number of carbonyl (C=O) groups is 2. The number of methoxy groups -OCH3 is 1. The Kier molecular flexibility index (Phi) is 7.69. The van der Waals surface area contributed by atoms with Crippen LogP contribution in [0.5, 0.6) is 0 Å². The molecule has 1 N–H and O–H groups in total. The highest BCUT2D eigenvalue weighted by atomic mass is 16.6. The molecule has 1 aromatic rings. The van der Waals surface area contributed by atoms with Crippen LogP contribution >= 0.6 is 0 Å². The molecule has 1 aliphatic rings. The first-order chi connectivity index (χ1) is 12.8. The van der Waals surface area contributed by atoms with Crippen LogP contribution in [0.15, 0.2) is 24.3 Å². The van der Waals surface area contributed by atoms with Crippen molar-refractivity contribution in [3.63, 3.8) is 0 Å². The van der Waals surface area contributed by atoms with Gasteiger partial charge in [-0.2, -0.15) is 0 Å². The van der Waals surface area contributed by atoms with E-state index in [0.717, 1.165) is 17.9 Å². The third-order valence-electron chi connectivity index (χ3n) is 4.86. The van der Waals surface area contributed by atoms with E-state index >= 15 is 0 Å². The summed E-state index contributed by atoms with van der Waals surface area (Å²) in [6.07, 6.45) is 7.46. The van der Waals surface area contributed by atoms with Gasteiger partial charge in [0, 0.05) is 6.42 Å². The van der Waals surface area contributed by atoms with Crippen LogP contribution in [-0.4, -0.2) is 30.8 Å². The van der Waals surface area contributed by atoms with Crippen molar-refractivity contribution < 1.29 is 19.1 Å². The summed E-state index contributed by atoms with van der Waals surface area (Å²) in [7, 11) is 1.33. The lowest BCUT2D eigenvalue weighted by Crippen LogP contribution is -2.45. The van der Waals surface area contributed by atoms with E-state index in [9.17, 15) is 9.59 Å². The highest BCUT2D eigenvalue weighted by Gasteiger charge is 2.25. The van der Waals surface area contributed by atoms with E-state index in [1.807, 2.05) is 12.1 Å². The van der Waals surface area contributed by atoms with Gasteiger partial charge in [-0.15, -0.1) is 0 Å². The first kappa shape index (κ1) is 21.3. The summed E-state index contributed by atoms with van der Waals surface area (Å²) in [6, 6.07) is 7.52. The van der Waals surface area contributed by atoms with Gasteiger partial charge in [0.25, 0.3) is 0 Å². The van der Waals surface area contributed by atoms with Crippen molar-refractivity contribution in [2.24, 2.45) is 5.92 Å². The average molecular weight is 376 g/mol. The zero-order valence-corrected chi connectivity index (χ0v) is 17.0. The Bertz CT molecular complexity index is 629. The van der Waals surface area contributed by atoms with Gasteiger partial charge in [-0.1, -0.05) is 56.4 Å². The van der Waals surface area contributed by atoms with E-state index in [4.69, 9.17) is 9.47 Å². The molecule has 5 nitrogen and oxygen atoms in total. The van der Waals surface area contributed by atoms with Crippen LogP contribution in [0.25, 0.3) is 0 Å². The summed E-state index contributed by atoms with van der Waals surface area (Å²) in [6.45, 7) is 5.36. The fourth-order valence-electron chi connectivity index (χ4n) is 3.63. The van der Waals surface area contributed by atoms with Crippen LogP contribution in [-0.2, 0) is 27.1 Å². The number of amides is 1. The van der Waals surface area contributed by atoms with Crippen molar-refractivity contribution in [1.82, 2.24) is 5.32 Å². The Morgan fingerprint density at radius 1 is 1.15 bits per heavy atom. The highest BCUT2D eigenvalue weighted by molar-refractivity contribution is 5.81. The maximum absolute atomic E-state index is 12.1. The first-order valence-electron chi connectivity index (χ1n) is 9.92. The van der Waals surface area contributed by atoms with Gasteiger partial charge in [0.1, 0.15) is 11.6 Å². The number of benzene rings is 1. The highest BCUT2D eigenvalue weighted by Crippen LogP contribution is 2.27. The van der Waals surface area contributed by atoms with Gasteiger partial charge < -0.3 is 14.8 Å². The lowest BCUT2D eigenvalue weighted by molar-refractivity contribution is -0.143. The minimum atomic E-state index is -0.769. The van der Waals surface area contributed by atoms with Crippen LogP contribution in [0.1, 0.15) is 64.0 Å². The van der Waals surface area contributed by atoms with Crippen molar-refractivity contribution in [1.29, 1.82) is 0 Å². The number of hydrogen-bond acceptors (Lipinski definition) is 4. The quantitative estimate of drug-likeness (QED) is 0.748. The predicted molar refractivity (Wildman–Crippen MR) is 106 cm³/mol. The predicted octanol–water partition coefficient (Wildman–Crippen LogP) is 4.42. The molecule has 150 valence electrons. The lowest BCUT2D eigenvalue weighted by Gasteiger charge is -2.23. The molecule has 1 fully saturated rings. The zero-order valence-electron chi connectivity index (χ0n) is 17.0. The molecule has 1 saturated carbocycles. The van der Waals surface area contributed by atoms with Gasteiger partial charge in [0.2, 0.25) is 0 Å². The number of esters is 1. The molecule has 0 heterocycles. The smallest absolute Gasteiger partial charge is 0.408 e. The second-order valence-corrected chi connectivity index (χ2v) is 8.45. The Morgan fingerprint density at radius 2 is 1.81 bits per heavy atom. The van der Waals surface area contributed by atoms with Crippen molar-refractivity contribution in [2.75, 3.05) is 7.11 Å². The van der Waals surface area contributed by atoms with Gasteiger partial charge >= 0.3 is 12.1 Å². The molecule has 0 aliphatic heterocycles. The molecule has 0 bridgehead atoms. The van der Waals surface area contributed by atoms with Crippen molar-refractivity contribution in [3.8, 4) is 0 Å². The maximum atomic E-state index is 12.1. The van der Waals surface area contributed by atoms with Crippen molar-refractivity contribution in [2.45, 2.75) is 77.4 Å². The Balaban J connectivity index is 2.02. The summed E-state index contributed by atoms with van der Waals surface area (Å²) >= 11 is 0. The number of rotatable bonds is 6. The number of nitrogens with one attached hydrogen (secondary N) is 1. The Morgan fingerprint density at radius 3 is 2.44 bits per heavy atom. The molecule has 2 rings (SSSR count). The molecule has 5 heteroatoms. The van der Waals surface area contributed by atoms with Crippen LogP contribution in [0, 0.1) is 5.92 Å². The van der Waals surface area contributed by atoms with E-state index in [2.05, 4.69) is 17.4 Å². The number of carbonyl (C=O) groups excluding carboxylic acids is 2. The van der Waals surface area contributed by atoms with Crippen LogP contribution < -0.4 is 5.32 Å². The third kappa shape index (κ3) is 7.61. The zero-order chi connectivity index (χ0) is 19.9. The topological polar surface area (TPSA) is 64.6 Å². The van der Waals surface area contributed by atoms with Crippen LogP contribution in [0.2, 0.25) is 0 Å². The molecule has 0 saturated heterocycles. The summed E-state index contributed by atoms with van der Waals surface area (Å²) in [5.74, 6) is 0.281. The Labute approximate surface area is 162 Å². The third-order valence-corrected chi connectivity index (χ3v) is 4.86. The summed E-state index contributed by atoms with van der Waals surface area (Å²) in [5.41, 5.74) is 1.68. The lowest BCUT2D eigenvalue weighted by atomic mass is 9.84. The Hall–Kier alpha value is -2.04. The van der Waals surface area contributed by atoms with Crippen LogP contribution in [0.3, 0.4) is 0 Å². The van der Waals surface area contributed by atoms with E-state index < -0.39 is 23.7 Å². The van der Waals surface area contributed by atoms with Crippen molar-refractivity contribution >= 4 is 12.1 Å². The monoisotopic (exact) mass is 375 g/mol. The molecule has 1 amide bonds. The maximum Gasteiger partial charge on any atom is 0.408 e. The van der Waals surface area contributed by atoms with Crippen molar-refractivity contribution in [3.05, 3.63) is 35.4 Å². The number of hydrogen-bond donors (Lipinski definition) is 1. The summed E-state index contributed by atoms with van der Waals surface area (Å²) in [5, 5.41) is 2.64. The molecule has 0 aromatic heterocycles. The molecule has 1 aromatic carbocycles. The minimum absolute atomic E-state index is 0.379. The van der Waals surface area contributed by atoms with Gasteiger partial charge in [0.15, 0.2) is 0 Å². The standard InChI is InChI=1S/C22H33NO4/c1-22(2,3)27-21(25)23-19(20(24)26-4)15-18-12-8-11-17(14-18)13-16-9-6-5-7-10-16/h8,11-12,14,16,19H,5-7,9-10,13,15H2,1-4H3,(H,23,25)/t19-/m0/s1. The number of ether oxygens (including phenoxy) is 2. The summed E-state index contributed by atoms with van der Waals surface area (Å²) < 4.78 is 10.1. The molecular formula is C22H33NO4. The van der Waals surface area contributed by atoms with Gasteiger partial charge in [0.05, 0.1) is 7.11 Å². The van der Waals surface area contributed by atoms with E-state index in [1.165, 1.54) is 44.8 Å². The average Bonchev–Trinajstić information content (AvgIpc) is 2.60. The second-order valence-electron chi connectivity index (χ2n) is 8.45. The molecule has 0 unspecified atom stereocenters. The largest absolute Gasteiger partial charge is 0.467 e. The molecule has 27 heavy (non-hydrogen) atoms. The molecule has 1 aliphatic carbocycles. The SMILES string of the molecule is COC(=O)[C@H](Cc1cccc(CC2CCCCC2)c1)NC(=O)OC(C)(C)C. The minimum Gasteiger partial charge on any atom is -0.467 e. The molecule has 1 atom stereocenters. The van der Waals surface area contributed by atoms with Gasteiger partial charge in [-0.25, -0.2) is 9.59 Å².